The van der Waals surface area contributed by atoms with E-state index in [0.29, 0.717) is 27.9 Å². The third-order valence-electron chi connectivity index (χ3n) is 4.58. The fraction of sp³-hybridized carbons (Fsp3) is 0.0435. The smallest absolute Gasteiger partial charge is 0.337 e. The lowest BCUT2D eigenvalue weighted by molar-refractivity contribution is 0.0601. The number of nitrogens with zero attached hydrogens (tertiary/aromatic N) is 3. The van der Waals surface area contributed by atoms with E-state index in [4.69, 9.17) is 10.5 Å². The average Bonchev–Trinajstić information content (AvgIpc) is 2.78. The predicted octanol–water partition coefficient (Wildman–Crippen LogP) is 3.65. The third-order valence-corrected chi connectivity index (χ3v) is 4.58. The first-order chi connectivity index (χ1) is 15.0. The van der Waals surface area contributed by atoms with Gasteiger partial charge in [0.05, 0.1) is 23.8 Å². The number of nitrogen functional groups attached to an aromatic ring is 1. The molecule has 1 aromatic heterocycles. The standard InChI is InChI=1S/C23H18N4O4/c1-31-23(30)14-6-4-5-13(11-14)20-25-21(16-7-2-3-8-18(16)28)27-22(26-20)17-10-9-15(24)12-19(17)29/h2-12,28-29H,24H2,1H3. The summed E-state index contributed by atoms with van der Waals surface area (Å²) in [4.78, 5) is 25.4. The minimum Gasteiger partial charge on any atom is -0.507 e. The van der Waals surface area contributed by atoms with Crippen LogP contribution in [0.25, 0.3) is 34.2 Å². The van der Waals surface area contributed by atoms with Crippen molar-refractivity contribution in [1.29, 1.82) is 0 Å². The Balaban J connectivity index is 1.94. The van der Waals surface area contributed by atoms with Crippen molar-refractivity contribution in [3.63, 3.8) is 0 Å². The number of phenolic OH excluding ortho intramolecular Hbond substituents is 2. The highest BCUT2D eigenvalue weighted by molar-refractivity contribution is 5.90. The van der Waals surface area contributed by atoms with E-state index >= 15 is 0 Å². The first-order valence-corrected chi connectivity index (χ1v) is 9.28. The number of anilines is 1. The summed E-state index contributed by atoms with van der Waals surface area (Å²) in [6.07, 6.45) is 0. The molecule has 0 aliphatic heterocycles. The van der Waals surface area contributed by atoms with Gasteiger partial charge in [0, 0.05) is 17.3 Å². The number of aromatic nitrogens is 3. The van der Waals surface area contributed by atoms with Crippen molar-refractivity contribution in [3.8, 4) is 45.7 Å². The van der Waals surface area contributed by atoms with Crippen molar-refractivity contribution in [2.75, 3.05) is 12.8 Å². The number of aromatic hydroxyl groups is 2. The van der Waals surface area contributed by atoms with Crippen LogP contribution in [0.15, 0.2) is 66.7 Å². The Morgan fingerprint density at radius 3 is 2.16 bits per heavy atom. The van der Waals surface area contributed by atoms with Crippen LogP contribution in [0, 0.1) is 0 Å². The van der Waals surface area contributed by atoms with E-state index in [1.807, 2.05) is 0 Å². The van der Waals surface area contributed by atoms with Crippen LogP contribution in [0.1, 0.15) is 10.4 Å². The summed E-state index contributed by atoms with van der Waals surface area (Å²) in [7, 11) is 1.30. The van der Waals surface area contributed by atoms with Crippen LogP contribution in [0.4, 0.5) is 5.69 Å². The van der Waals surface area contributed by atoms with Gasteiger partial charge in [-0.05, 0) is 36.4 Å². The SMILES string of the molecule is COC(=O)c1cccc(-c2nc(-c3ccccc3O)nc(-c3ccc(N)cc3O)n2)c1. The number of phenols is 2. The van der Waals surface area contributed by atoms with Gasteiger partial charge in [-0.25, -0.2) is 19.7 Å². The number of esters is 1. The van der Waals surface area contributed by atoms with Crippen LogP contribution in [-0.2, 0) is 4.74 Å². The fourth-order valence-corrected chi connectivity index (χ4v) is 3.05. The lowest BCUT2D eigenvalue weighted by atomic mass is 10.1. The summed E-state index contributed by atoms with van der Waals surface area (Å²) in [6, 6.07) is 17.9. The zero-order chi connectivity index (χ0) is 22.0. The van der Waals surface area contributed by atoms with E-state index in [9.17, 15) is 15.0 Å². The molecule has 4 aromatic rings. The number of nitrogens with two attached hydrogens (primary N) is 1. The number of ether oxygens (including phenoxy) is 1. The molecular formula is C23H18N4O4. The van der Waals surface area contributed by atoms with Gasteiger partial charge in [-0.15, -0.1) is 0 Å². The molecule has 0 aliphatic rings. The minimum absolute atomic E-state index is 0.00422. The molecule has 8 heteroatoms. The maximum Gasteiger partial charge on any atom is 0.337 e. The highest BCUT2D eigenvalue weighted by Gasteiger charge is 2.17. The molecule has 1 heterocycles. The number of methoxy groups -OCH3 is 1. The van der Waals surface area contributed by atoms with Crippen molar-refractivity contribution in [3.05, 3.63) is 72.3 Å². The lowest BCUT2D eigenvalue weighted by Crippen LogP contribution is -2.03. The zero-order valence-corrected chi connectivity index (χ0v) is 16.5. The third kappa shape index (κ3) is 3.99. The van der Waals surface area contributed by atoms with Gasteiger partial charge in [0.2, 0.25) is 0 Å². The molecule has 0 aliphatic carbocycles. The quantitative estimate of drug-likeness (QED) is 0.341. The molecule has 3 aromatic carbocycles. The Labute approximate surface area is 177 Å². The van der Waals surface area contributed by atoms with Gasteiger partial charge in [0.15, 0.2) is 17.5 Å². The van der Waals surface area contributed by atoms with Crippen molar-refractivity contribution in [1.82, 2.24) is 15.0 Å². The molecule has 0 radical (unpaired) electrons. The number of carbonyl (C=O) groups is 1. The average molecular weight is 414 g/mol. The molecule has 0 spiro atoms. The molecule has 8 nitrogen and oxygen atoms in total. The summed E-state index contributed by atoms with van der Waals surface area (Å²) in [5.41, 5.74) is 7.74. The molecule has 0 saturated carbocycles. The maximum absolute atomic E-state index is 11.9. The van der Waals surface area contributed by atoms with E-state index in [1.54, 1.807) is 54.6 Å². The largest absolute Gasteiger partial charge is 0.507 e. The van der Waals surface area contributed by atoms with Crippen LogP contribution < -0.4 is 5.73 Å². The molecule has 31 heavy (non-hydrogen) atoms. The summed E-state index contributed by atoms with van der Waals surface area (Å²) in [5.74, 6) is 0.0552. The second-order valence-corrected chi connectivity index (χ2v) is 6.67. The first-order valence-electron chi connectivity index (χ1n) is 9.28. The summed E-state index contributed by atoms with van der Waals surface area (Å²) >= 11 is 0. The van der Waals surface area contributed by atoms with Gasteiger partial charge in [0.25, 0.3) is 0 Å². The van der Waals surface area contributed by atoms with Crippen LogP contribution >= 0.6 is 0 Å². The number of rotatable bonds is 4. The normalized spacial score (nSPS) is 10.6. The molecule has 0 saturated heterocycles. The first kappa shape index (κ1) is 19.8. The van der Waals surface area contributed by atoms with Crippen molar-refractivity contribution in [2.24, 2.45) is 0 Å². The second kappa shape index (κ2) is 8.11. The molecule has 4 N–H and O–H groups in total. The van der Waals surface area contributed by atoms with Crippen molar-refractivity contribution < 1.29 is 19.7 Å². The Morgan fingerprint density at radius 2 is 1.48 bits per heavy atom. The van der Waals surface area contributed by atoms with Gasteiger partial charge in [0.1, 0.15) is 11.5 Å². The monoisotopic (exact) mass is 414 g/mol. The number of hydrogen-bond donors (Lipinski definition) is 3. The molecular weight excluding hydrogens is 396 g/mol. The Morgan fingerprint density at radius 1 is 0.806 bits per heavy atom. The highest BCUT2D eigenvalue weighted by atomic mass is 16.5. The molecule has 4 rings (SSSR count). The van der Waals surface area contributed by atoms with Crippen LogP contribution in [0.3, 0.4) is 0 Å². The Kier molecular flexibility index (Phi) is 5.19. The number of hydrogen-bond acceptors (Lipinski definition) is 8. The number of para-hydroxylation sites is 1. The van der Waals surface area contributed by atoms with Crippen LogP contribution in [-0.4, -0.2) is 38.2 Å². The maximum atomic E-state index is 11.9. The summed E-state index contributed by atoms with van der Waals surface area (Å²) in [6.45, 7) is 0. The van der Waals surface area contributed by atoms with Gasteiger partial charge >= 0.3 is 5.97 Å². The van der Waals surface area contributed by atoms with Gasteiger partial charge in [-0.3, -0.25) is 0 Å². The van der Waals surface area contributed by atoms with E-state index in [0.717, 1.165) is 0 Å². The Hall–Kier alpha value is -4.46. The van der Waals surface area contributed by atoms with E-state index in [1.165, 1.54) is 19.2 Å². The summed E-state index contributed by atoms with van der Waals surface area (Å²) in [5, 5.41) is 20.7. The van der Waals surface area contributed by atoms with Gasteiger partial charge in [-0.1, -0.05) is 24.3 Å². The molecule has 0 atom stereocenters. The van der Waals surface area contributed by atoms with Gasteiger partial charge in [-0.2, -0.15) is 0 Å². The van der Waals surface area contributed by atoms with Crippen molar-refractivity contribution >= 4 is 11.7 Å². The van der Waals surface area contributed by atoms with E-state index in [-0.39, 0.29) is 29.0 Å². The molecule has 0 amide bonds. The zero-order valence-electron chi connectivity index (χ0n) is 16.5. The molecule has 0 unspecified atom stereocenters. The molecule has 154 valence electrons. The number of benzene rings is 3. The highest BCUT2D eigenvalue weighted by Crippen LogP contribution is 2.33. The van der Waals surface area contributed by atoms with Gasteiger partial charge < -0.3 is 20.7 Å². The topological polar surface area (TPSA) is 131 Å². The summed E-state index contributed by atoms with van der Waals surface area (Å²) < 4.78 is 4.79. The van der Waals surface area contributed by atoms with E-state index < -0.39 is 5.97 Å². The lowest BCUT2D eigenvalue weighted by Gasteiger charge is -2.11. The van der Waals surface area contributed by atoms with Crippen molar-refractivity contribution in [2.45, 2.75) is 0 Å². The molecule has 0 bridgehead atoms. The van der Waals surface area contributed by atoms with Crippen LogP contribution in [0.5, 0.6) is 11.5 Å². The fourth-order valence-electron chi connectivity index (χ4n) is 3.05. The minimum atomic E-state index is -0.492. The Bertz CT molecular complexity index is 1290. The van der Waals surface area contributed by atoms with Crippen LogP contribution in [0.2, 0.25) is 0 Å². The van der Waals surface area contributed by atoms with E-state index in [2.05, 4.69) is 15.0 Å². The predicted molar refractivity (Wildman–Crippen MR) is 115 cm³/mol. The number of carbonyl (C=O) groups excluding carboxylic acids is 1. The second-order valence-electron chi connectivity index (χ2n) is 6.67. The molecule has 0 fully saturated rings.